The predicted octanol–water partition coefficient (Wildman–Crippen LogP) is 2.90. The Bertz CT molecular complexity index is 1110. The fourth-order valence-electron chi connectivity index (χ4n) is 3.61. The number of piperazine rings is 1. The largest absolute Gasteiger partial charge is 0.337 e. The number of nitrogens with zero attached hydrogens (tertiary/aromatic N) is 3. The summed E-state index contributed by atoms with van der Waals surface area (Å²) in [6.07, 6.45) is 0. The zero-order chi connectivity index (χ0) is 23.5. The molecule has 1 aliphatic heterocycles. The van der Waals surface area contributed by atoms with Crippen molar-refractivity contribution in [3.05, 3.63) is 69.8 Å². The number of hydrogen-bond donors (Lipinski definition) is 1. The zero-order valence-electron chi connectivity index (χ0n) is 18.4. The third kappa shape index (κ3) is 5.25. The van der Waals surface area contributed by atoms with Crippen molar-refractivity contribution in [1.82, 2.24) is 14.5 Å². The first-order chi connectivity index (χ1) is 15.0. The third-order valence-corrected chi connectivity index (χ3v) is 7.57. The Morgan fingerprint density at radius 3 is 2.38 bits per heavy atom. The van der Waals surface area contributed by atoms with E-state index in [1.54, 1.807) is 4.90 Å². The zero-order valence-corrected chi connectivity index (χ0v) is 19.3. The summed E-state index contributed by atoms with van der Waals surface area (Å²) in [5, 5.41) is 13.9. The van der Waals surface area contributed by atoms with E-state index in [1.807, 2.05) is 25.1 Å². The normalized spacial score (nSPS) is 15.4. The van der Waals surface area contributed by atoms with Gasteiger partial charge in [-0.25, -0.2) is 13.2 Å². The van der Waals surface area contributed by atoms with Gasteiger partial charge in [-0.2, -0.15) is 4.31 Å². The van der Waals surface area contributed by atoms with Crippen LogP contribution in [0.5, 0.6) is 0 Å². The van der Waals surface area contributed by atoms with E-state index in [1.165, 1.54) is 22.5 Å². The minimum atomic E-state index is -3.87. The molecule has 0 spiro atoms. The molecule has 0 aromatic heterocycles. The van der Waals surface area contributed by atoms with E-state index >= 15 is 0 Å². The molecule has 172 valence electrons. The SMILES string of the molecule is Cc1cccc(C(C)(C)CNC(=O)N2CCN(S(=O)(=O)c3cccc([N+](=O)[O-])c3)CC2)c1. The molecule has 0 bridgehead atoms. The van der Waals surface area contributed by atoms with Crippen molar-refractivity contribution in [2.24, 2.45) is 0 Å². The van der Waals surface area contributed by atoms with Crippen LogP contribution >= 0.6 is 0 Å². The van der Waals surface area contributed by atoms with Crippen molar-refractivity contribution >= 4 is 21.7 Å². The lowest BCUT2D eigenvalue weighted by molar-refractivity contribution is -0.385. The van der Waals surface area contributed by atoms with Crippen molar-refractivity contribution in [1.29, 1.82) is 0 Å². The Balaban J connectivity index is 1.58. The molecule has 2 amide bonds. The Labute approximate surface area is 188 Å². The molecule has 0 aliphatic carbocycles. The number of non-ortho nitro benzene ring substituents is 1. The number of nitrogens with one attached hydrogen (secondary N) is 1. The molecule has 1 fully saturated rings. The van der Waals surface area contributed by atoms with Crippen molar-refractivity contribution < 1.29 is 18.1 Å². The highest BCUT2D eigenvalue weighted by Gasteiger charge is 2.31. The van der Waals surface area contributed by atoms with Gasteiger partial charge in [0.25, 0.3) is 5.69 Å². The van der Waals surface area contributed by atoms with Crippen molar-refractivity contribution in [3.8, 4) is 0 Å². The molecule has 9 nitrogen and oxygen atoms in total. The van der Waals surface area contributed by atoms with Gasteiger partial charge in [0.2, 0.25) is 10.0 Å². The maximum Gasteiger partial charge on any atom is 0.317 e. The van der Waals surface area contributed by atoms with Gasteiger partial charge < -0.3 is 10.2 Å². The number of carbonyl (C=O) groups excluding carboxylic acids is 1. The third-order valence-electron chi connectivity index (χ3n) is 5.67. The summed E-state index contributed by atoms with van der Waals surface area (Å²) >= 11 is 0. The number of carbonyl (C=O) groups is 1. The first-order valence-corrected chi connectivity index (χ1v) is 11.8. The molecule has 1 N–H and O–H groups in total. The van der Waals surface area contributed by atoms with Crippen LogP contribution in [0.2, 0.25) is 0 Å². The van der Waals surface area contributed by atoms with Crippen LogP contribution < -0.4 is 5.32 Å². The van der Waals surface area contributed by atoms with Gasteiger partial charge in [-0.1, -0.05) is 49.7 Å². The summed E-state index contributed by atoms with van der Waals surface area (Å²) in [5.74, 6) is 0. The minimum Gasteiger partial charge on any atom is -0.337 e. The number of amides is 2. The molecule has 1 saturated heterocycles. The van der Waals surface area contributed by atoms with Gasteiger partial charge in [-0.15, -0.1) is 0 Å². The summed E-state index contributed by atoms with van der Waals surface area (Å²) in [5.41, 5.74) is 1.75. The van der Waals surface area contributed by atoms with Crippen LogP contribution in [0.1, 0.15) is 25.0 Å². The number of nitro benzene ring substituents is 1. The number of hydrogen-bond acceptors (Lipinski definition) is 5. The van der Waals surface area contributed by atoms with Crippen LogP contribution in [-0.4, -0.2) is 61.3 Å². The Morgan fingerprint density at radius 2 is 1.75 bits per heavy atom. The first-order valence-electron chi connectivity index (χ1n) is 10.4. The molecule has 2 aromatic rings. The summed E-state index contributed by atoms with van der Waals surface area (Å²) in [7, 11) is -3.87. The van der Waals surface area contributed by atoms with Gasteiger partial charge in [0.05, 0.1) is 9.82 Å². The number of nitro groups is 1. The molecular weight excluding hydrogens is 432 g/mol. The molecule has 1 heterocycles. The van der Waals surface area contributed by atoms with Crippen molar-refractivity contribution in [3.63, 3.8) is 0 Å². The lowest BCUT2D eigenvalue weighted by atomic mass is 9.84. The molecule has 0 unspecified atom stereocenters. The van der Waals surface area contributed by atoms with Crippen molar-refractivity contribution in [2.75, 3.05) is 32.7 Å². The highest BCUT2D eigenvalue weighted by Crippen LogP contribution is 2.24. The smallest absolute Gasteiger partial charge is 0.317 e. The number of benzene rings is 2. The van der Waals surface area contributed by atoms with E-state index < -0.39 is 14.9 Å². The summed E-state index contributed by atoms with van der Waals surface area (Å²) in [6, 6.07) is 12.9. The fourth-order valence-corrected chi connectivity index (χ4v) is 5.08. The van der Waals surface area contributed by atoms with Gasteiger partial charge in [0, 0.05) is 50.3 Å². The molecule has 0 radical (unpaired) electrons. The minimum absolute atomic E-state index is 0.121. The second kappa shape index (κ2) is 9.25. The second-order valence-electron chi connectivity index (χ2n) is 8.56. The van der Waals surface area contributed by atoms with Gasteiger partial charge in [0.1, 0.15) is 0 Å². The Hall–Kier alpha value is -2.98. The highest BCUT2D eigenvalue weighted by atomic mass is 32.2. The van der Waals surface area contributed by atoms with Crippen LogP contribution in [0.3, 0.4) is 0 Å². The topological polar surface area (TPSA) is 113 Å². The van der Waals surface area contributed by atoms with Crippen LogP contribution in [0, 0.1) is 17.0 Å². The predicted molar refractivity (Wildman–Crippen MR) is 121 cm³/mol. The maximum atomic E-state index is 12.9. The van der Waals surface area contributed by atoms with Crippen LogP contribution in [0.25, 0.3) is 0 Å². The van der Waals surface area contributed by atoms with Crippen LogP contribution in [-0.2, 0) is 15.4 Å². The van der Waals surface area contributed by atoms with Gasteiger partial charge in [-0.05, 0) is 18.6 Å². The lowest BCUT2D eigenvalue weighted by Gasteiger charge is -2.35. The number of urea groups is 1. The molecule has 32 heavy (non-hydrogen) atoms. The summed E-state index contributed by atoms with van der Waals surface area (Å²) in [6.45, 7) is 7.33. The highest BCUT2D eigenvalue weighted by molar-refractivity contribution is 7.89. The van der Waals surface area contributed by atoms with Crippen LogP contribution in [0.4, 0.5) is 10.5 Å². The fraction of sp³-hybridized carbons (Fsp3) is 0.409. The molecular formula is C22H28N4O5S. The second-order valence-corrected chi connectivity index (χ2v) is 10.5. The average molecular weight is 461 g/mol. The number of rotatable bonds is 6. The van der Waals surface area contributed by atoms with Crippen molar-refractivity contribution in [2.45, 2.75) is 31.1 Å². The van der Waals surface area contributed by atoms with E-state index in [2.05, 4.69) is 25.2 Å². The standard InChI is InChI=1S/C22H28N4O5S/c1-17-6-4-7-18(14-17)22(2,3)16-23-21(27)24-10-12-25(13-11-24)32(30,31)20-9-5-8-19(15-20)26(28)29/h4-9,14-15H,10-13,16H2,1-3H3,(H,23,27). The Morgan fingerprint density at radius 1 is 1.09 bits per heavy atom. The van der Waals surface area contributed by atoms with Crippen LogP contribution in [0.15, 0.2) is 53.4 Å². The van der Waals surface area contributed by atoms with E-state index in [9.17, 15) is 23.3 Å². The van der Waals surface area contributed by atoms with E-state index in [-0.39, 0.29) is 48.2 Å². The van der Waals surface area contributed by atoms with E-state index in [4.69, 9.17) is 0 Å². The Kier molecular flexibility index (Phi) is 6.85. The molecule has 10 heteroatoms. The van der Waals surface area contributed by atoms with Gasteiger partial charge >= 0.3 is 6.03 Å². The number of sulfonamides is 1. The van der Waals surface area contributed by atoms with E-state index in [0.717, 1.165) is 17.2 Å². The molecule has 3 rings (SSSR count). The maximum absolute atomic E-state index is 12.9. The van der Waals surface area contributed by atoms with Gasteiger partial charge in [0.15, 0.2) is 0 Å². The molecule has 1 aliphatic rings. The van der Waals surface area contributed by atoms with Gasteiger partial charge in [-0.3, -0.25) is 10.1 Å². The molecule has 2 aromatic carbocycles. The quantitative estimate of drug-likeness (QED) is 0.526. The molecule has 0 saturated carbocycles. The lowest BCUT2D eigenvalue weighted by Crippen LogP contribution is -2.54. The summed E-state index contributed by atoms with van der Waals surface area (Å²) < 4.78 is 27.0. The monoisotopic (exact) mass is 460 g/mol. The summed E-state index contributed by atoms with van der Waals surface area (Å²) in [4.78, 5) is 24.5. The first kappa shape index (κ1) is 23.7. The number of aryl methyl sites for hydroxylation is 1. The average Bonchev–Trinajstić information content (AvgIpc) is 2.77. The molecule has 0 atom stereocenters. The van der Waals surface area contributed by atoms with E-state index in [0.29, 0.717) is 6.54 Å².